The van der Waals surface area contributed by atoms with Crippen LogP contribution in [0.1, 0.15) is 12.5 Å². The van der Waals surface area contributed by atoms with Crippen LogP contribution in [-0.2, 0) is 16.0 Å². The largest absolute Gasteiger partial charge is 0.379 e. The van der Waals surface area contributed by atoms with Crippen molar-refractivity contribution in [3.63, 3.8) is 0 Å². The molecule has 0 amide bonds. The van der Waals surface area contributed by atoms with Gasteiger partial charge in [-0.15, -0.1) is 0 Å². The molecule has 1 aliphatic rings. The molecule has 2 N–H and O–H groups in total. The highest BCUT2D eigenvalue weighted by Crippen LogP contribution is 2.29. The van der Waals surface area contributed by atoms with E-state index in [0.717, 1.165) is 5.56 Å². The summed E-state index contributed by atoms with van der Waals surface area (Å²) in [5, 5.41) is 0. The summed E-state index contributed by atoms with van der Waals surface area (Å²) in [6.07, 6.45) is 0.435. The number of nitrogens with two attached hydrogens (primary N) is 1. The van der Waals surface area contributed by atoms with E-state index in [0.29, 0.717) is 19.6 Å². The monoisotopic (exact) mass is 345 g/mol. The first-order valence-electron chi connectivity index (χ1n) is 5.63. The van der Waals surface area contributed by atoms with Crippen LogP contribution in [0.3, 0.4) is 0 Å². The molecule has 1 aromatic rings. The molecule has 92 valence electrons. The van der Waals surface area contributed by atoms with Crippen molar-refractivity contribution in [2.24, 2.45) is 11.1 Å². The lowest BCUT2D eigenvalue weighted by Gasteiger charge is -2.25. The predicted molar refractivity (Wildman–Crippen MR) is 74.8 cm³/mol. The van der Waals surface area contributed by atoms with Crippen LogP contribution in [0, 0.1) is 8.99 Å². The normalized spacial score (nSPS) is 28.3. The van der Waals surface area contributed by atoms with Gasteiger partial charge in [0.15, 0.2) is 0 Å². The lowest BCUT2D eigenvalue weighted by Crippen LogP contribution is -2.45. The van der Waals surface area contributed by atoms with Crippen molar-refractivity contribution in [3.05, 3.63) is 33.4 Å². The molecule has 0 saturated carbocycles. The number of rotatable bonds is 3. The Morgan fingerprint density at radius 2 is 2.18 bits per heavy atom. The molecule has 1 aliphatic heterocycles. The quantitative estimate of drug-likeness (QED) is 0.850. The van der Waals surface area contributed by atoms with Crippen molar-refractivity contribution in [3.8, 4) is 0 Å². The molecule has 4 heteroatoms. The fourth-order valence-electron chi connectivity index (χ4n) is 1.97. The van der Waals surface area contributed by atoms with E-state index in [9.17, 15) is 4.79 Å². The standard InChI is InChI=1S/C13H16INO2/c1-13(8-17-7-11(13)15)12(16)6-9-2-4-10(14)5-3-9/h2-5,11H,6-8,15H2,1H3. The van der Waals surface area contributed by atoms with Crippen LogP contribution in [0.2, 0.25) is 0 Å². The molecule has 3 nitrogen and oxygen atoms in total. The third-order valence-corrected chi connectivity index (χ3v) is 4.15. The summed E-state index contributed by atoms with van der Waals surface area (Å²) in [4.78, 5) is 12.3. The number of halogens is 1. The Bertz CT molecular complexity index is 418. The van der Waals surface area contributed by atoms with E-state index in [1.54, 1.807) is 0 Å². The van der Waals surface area contributed by atoms with Gasteiger partial charge in [0.25, 0.3) is 0 Å². The van der Waals surface area contributed by atoms with Crippen molar-refractivity contribution in [1.29, 1.82) is 0 Å². The Morgan fingerprint density at radius 3 is 2.71 bits per heavy atom. The summed E-state index contributed by atoms with van der Waals surface area (Å²) in [5.41, 5.74) is 6.46. The highest BCUT2D eigenvalue weighted by molar-refractivity contribution is 14.1. The fraction of sp³-hybridized carbons (Fsp3) is 0.462. The highest BCUT2D eigenvalue weighted by atomic mass is 127. The zero-order valence-electron chi connectivity index (χ0n) is 9.78. The van der Waals surface area contributed by atoms with Gasteiger partial charge in [-0.05, 0) is 47.2 Å². The van der Waals surface area contributed by atoms with Gasteiger partial charge in [0.1, 0.15) is 5.78 Å². The van der Waals surface area contributed by atoms with Crippen molar-refractivity contribution >= 4 is 28.4 Å². The van der Waals surface area contributed by atoms with Crippen molar-refractivity contribution < 1.29 is 9.53 Å². The van der Waals surface area contributed by atoms with Crippen LogP contribution in [0.15, 0.2) is 24.3 Å². The Labute approximate surface area is 115 Å². The van der Waals surface area contributed by atoms with Gasteiger partial charge >= 0.3 is 0 Å². The minimum absolute atomic E-state index is 0.170. The van der Waals surface area contributed by atoms with Crippen LogP contribution in [0.5, 0.6) is 0 Å². The van der Waals surface area contributed by atoms with Crippen molar-refractivity contribution in [2.75, 3.05) is 13.2 Å². The van der Waals surface area contributed by atoms with E-state index in [1.807, 2.05) is 31.2 Å². The maximum Gasteiger partial charge on any atom is 0.147 e. The number of ether oxygens (including phenoxy) is 1. The van der Waals surface area contributed by atoms with Gasteiger partial charge in [-0.3, -0.25) is 4.79 Å². The van der Waals surface area contributed by atoms with Crippen LogP contribution in [0.25, 0.3) is 0 Å². The van der Waals surface area contributed by atoms with E-state index in [4.69, 9.17) is 10.5 Å². The number of benzene rings is 1. The average molecular weight is 345 g/mol. The van der Waals surface area contributed by atoms with Gasteiger partial charge in [0.2, 0.25) is 0 Å². The topological polar surface area (TPSA) is 52.3 Å². The lowest BCUT2D eigenvalue weighted by molar-refractivity contribution is -0.127. The number of hydrogen-bond acceptors (Lipinski definition) is 3. The highest BCUT2D eigenvalue weighted by Gasteiger charge is 2.43. The molecule has 17 heavy (non-hydrogen) atoms. The van der Waals surface area contributed by atoms with Crippen LogP contribution < -0.4 is 5.73 Å². The van der Waals surface area contributed by atoms with E-state index in [-0.39, 0.29) is 11.8 Å². The molecule has 0 spiro atoms. The molecule has 2 rings (SSSR count). The second-order valence-electron chi connectivity index (χ2n) is 4.77. The summed E-state index contributed by atoms with van der Waals surface area (Å²) in [6.45, 7) is 2.83. The third-order valence-electron chi connectivity index (χ3n) is 3.43. The summed E-state index contributed by atoms with van der Waals surface area (Å²) in [7, 11) is 0. The number of carbonyl (C=O) groups is 1. The third kappa shape index (κ3) is 2.69. The molecule has 0 bridgehead atoms. The number of carbonyl (C=O) groups excluding carboxylic acids is 1. The van der Waals surface area contributed by atoms with E-state index in [2.05, 4.69) is 22.6 Å². The lowest BCUT2D eigenvalue weighted by atomic mass is 9.79. The maximum absolute atomic E-state index is 12.3. The molecule has 2 atom stereocenters. The van der Waals surface area contributed by atoms with Crippen LogP contribution >= 0.6 is 22.6 Å². The number of ketones is 1. The second-order valence-corrected chi connectivity index (χ2v) is 6.01. The molecule has 1 saturated heterocycles. The minimum atomic E-state index is -0.525. The molecular formula is C13H16INO2. The zero-order chi connectivity index (χ0) is 12.5. The molecule has 1 fully saturated rings. The van der Waals surface area contributed by atoms with E-state index in [1.165, 1.54) is 3.57 Å². The summed E-state index contributed by atoms with van der Waals surface area (Å²) in [6, 6.07) is 7.82. The Morgan fingerprint density at radius 1 is 1.53 bits per heavy atom. The first kappa shape index (κ1) is 13.0. The molecule has 2 unspecified atom stereocenters. The Kier molecular flexibility index (Phi) is 3.85. The minimum Gasteiger partial charge on any atom is -0.379 e. The molecule has 0 radical (unpaired) electrons. The van der Waals surface area contributed by atoms with Gasteiger partial charge in [-0.2, -0.15) is 0 Å². The molecule has 1 heterocycles. The zero-order valence-corrected chi connectivity index (χ0v) is 11.9. The summed E-state index contributed by atoms with van der Waals surface area (Å²) >= 11 is 2.25. The van der Waals surface area contributed by atoms with Gasteiger partial charge in [0, 0.05) is 16.0 Å². The Balaban J connectivity index is 2.09. The van der Waals surface area contributed by atoms with Crippen LogP contribution in [0.4, 0.5) is 0 Å². The Hall–Kier alpha value is -0.460. The predicted octanol–water partition coefficient (Wildman–Crippen LogP) is 1.77. The second kappa shape index (κ2) is 5.04. The van der Waals surface area contributed by atoms with Crippen molar-refractivity contribution in [2.45, 2.75) is 19.4 Å². The van der Waals surface area contributed by atoms with Crippen LogP contribution in [-0.4, -0.2) is 25.0 Å². The van der Waals surface area contributed by atoms with E-state index >= 15 is 0 Å². The van der Waals surface area contributed by atoms with Crippen molar-refractivity contribution in [1.82, 2.24) is 0 Å². The summed E-state index contributed by atoms with van der Waals surface area (Å²) in [5.74, 6) is 0.170. The molecule has 0 aliphatic carbocycles. The van der Waals surface area contributed by atoms with Gasteiger partial charge < -0.3 is 10.5 Å². The van der Waals surface area contributed by atoms with Gasteiger partial charge in [-0.25, -0.2) is 0 Å². The first-order valence-corrected chi connectivity index (χ1v) is 6.71. The number of Topliss-reactive ketones (excluding diaryl/α,β-unsaturated/α-hetero) is 1. The molecule has 0 aromatic heterocycles. The smallest absolute Gasteiger partial charge is 0.147 e. The SMILES string of the molecule is CC1(C(=O)Cc2ccc(I)cc2)COCC1N. The molecule has 1 aromatic carbocycles. The maximum atomic E-state index is 12.3. The average Bonchev–Trinajstić information content (AvgIpc) is 2.64. The number of hydrogen-bond donors (Lipinski definition) is 1. The van der Waals surface area contributed by atoms with Gasteiger partial charge in [-0.1, -0.05) is 12.1 Å². The summed E-state index contributed by atoms with van der Waals surface area (Å²) < 4.78 is 6.48. The molecular weight excluding hydrogens is 329 g/mol. The van der Waals surface area contributed by atoms with Gasteiger partial charge in [0.05, 0.1) is 18.6 Å². The van der Waals surface area contributed by atoms with E-state index < -0.39 is 5.41 Å². The first-order chi connectivity index (χ1) is 8.02. The fourth-order valence-corrected chi connectivity index (χ4v) is 2.33.